The van der Waals surface area contributed by atoms with Crippen molar-refractivity contribution in [2.75, 3.05) is 0 Å². The largest absolute Gasteiger partial charge is 0.373 e. The number of ketones is 1. The molecule has 0 bridgehead atoms. The fraction of sp³-hybridized carbons (Fsp3) is 0.500. The van der Waals surface area contributed by atoms with Crippen LogP contribution in [-0.2, 0) is 16.0 Å². The van der Waals surface area contributed by atoms with Gasteiger partial charge in [0.2, 0.25) is 0 Å². The first-order valence-electron chi connectivity index (χ1n) is 7.57. The molecule has 1 saturated heterocycles. The summed E-state index contributed by atoms with van der Waals surface area (Å²) in [4.78, 5) is 12.2. The molecule has 0 spiro atoms. The Balaban J connectivity index is 1.98. The third kappa shape index (κ3) is 3.80. The molecule has 1 aliphatic rings. The lowest BCUT2D eigenvalue weighted by molar-refractivity contribution is -0.146. The summed E-state index contributed by atoms with van der Waals surface area (Å²) in [5, 5.41) is 0. The predicted molar refractivity (Wildman–Crippen MR) is 81.6 cm³/mol. The number of carbonyl (C=O) groups excluding carboxylic acids is 1. The first kappa shape index (κ1) is 15.0. The molecule has 0 saturated carbocycles. The van der Waals surface area contributed by atoms with Crippen LogP contribution in [0.25, 0.3) is 0 Å². The van der Waals surface area contributed by atoms with Gasteiger partial charge in [0.15, 0.2) is 0 Å². The van der Waals surface area contributed by atoms with Gasteiger partial charge in [0.05, 0.1) is 12.2 Å². The summed E-state index contributed by atoms with van der Waals surface area (Å²) in [6.45, 7) is 5.82. The molecule has 108 valence electrons. The minimum atomic E-state index is 0.0311. The molecule has 0 radical (unpaired) electrons. The van der Waals surface area contributed by atoms with E-state index in [4.69, 9.17) is 4.74 Å². The number of hydrogen-bond donors (Lipinski definition) is 0. The summed E-state index contributed by atoms with van der Waals surface area (Å²) in [5.41, 5.74) is 1.31. The van der Waals surface area contributed by atoms with Gasteiger partial charge in [-0.1, -0.05) is 43.3 Å². The van der Waals surface area contributed by atoms with Crippen LogP contribution in [0.3, 0.4) is 0 Å². The molecular formula is C18H24O2. The van der Waals surface area contributed by atoms with Gasteiger partial charge >= 0.3 is 0 Å². The molecule has 0 aliphatic carbocycles. The number of ether oxygens (including phenoxy) is 1. The van der Waals surface area contributed by atoms with Crippen LogP contribution in [0.15, 0.2) is 43.0 Å². The molecule has 0 unspecified atom stereocenters. The maximum absolute atomic E-state index is 12.2. The zero-order valence-corrected chi connectivity index (χ0v) is 12.3. The second kappa shape index (κ2) is 7.39. The van der Waals surface area contributed by atoms with Crippen molar-refractivity contribution in [1.29, 1.82) is 0 Å². The molecule has 2 nitrogen and oxygen atoms in total. The van der Waals surface area contributed by atoms with Crippen molar-refractivity contribution in [3.05, 3.63) is 48.6 Å². The van der Waals surface area contributed by atoms with Crippen molar-refractivity contribution in [1.82, 2.24) is 0 Å². The average molecular weight is 272 g/mol. The Bertz CT molecular complexity index is 438. The second-order valence-electron chi connectivity index (χ2n) is 5.53. The summed E-state index contributed by atoms with van der Waals surface area (Å²) in [6.07, 6.45) is 6.02. The Kier molecular flexibility index (Phi) is 5.54. The van der Waals surface area contributed by atoms with Crippen LogP contribution in [0, 0.1) is 5.92 Å². The molecule has 0 aromatic heterocycles. The molecule has 1 fully saturated rings. The fourth-order valence-corrected chi connectivity index (χ4v) is 3.01. The standard InChI is InChI=1S/C18H24O2/c1-3-8-15-13-17(19)16(4-2)18(20-15)12-11-14-9-6-5-7-10-14/h3,5-7,9-10,15-16,18H,1,4,8,11-13H2,2H3/t15-,16+,18+/m0/s1. The zero-order chi connectivity index (χ0) is 14.4. The van der Waals surface area contributed by atoms with Gasteiger partial charge in [-0.25, -0.2) is 0 Å². The quantitative estimate of drug-likeness (QED) is 0.733. The van der Waals surface area contributed by atoms with E-state index in [1.807, 2.05) is 12.1 Å². The summed E-state index contributed by atoms with van der Waals surface area (Å²) in [7, 11) is 0. The van der Waals surface area contributed by atoms with Gasteiger partial charge in [-0.3, -0.25) is 4.79 Å². The van der Waals surface area contributed by atoms with E-state index in [2.05, 4.69) is 37.8 Å². The van der Waals surface area contributed by atoms with Gasteiger partial charge in [-0.2, -0.15) is 0 Å². The zero-order valence-electron chi connectivity index (χ0n) is 12.3. The molecule has 3 atom stereocenters. The number of benzene rings is 1. The molecule has 0 amide bonds. The van der Waals surface area contributed by atoms with Crippen LogP contribution in [0.5, 0.6) is 0 Å². The van der Waals surface area contributed by atoms with Crippen LogP contribution < -0.4 is 0 Å². The van der Waals surface area contributed by atoms with Crippen molar-refractivity contribution in [3.8, 4) is 0 Å². The topological polar surface area (TPSA) is 26.3 Å². The minimum absolute atomic E-state index is 0.0311. The molecule has 1 aromatic carbocycles. The summed E-state index contributed by atoms with van der Waals surface area (Å²) >= 11 is 0. The molecule has 2 rings (SSSR count). The highest BCUT2D eigenvalue weighted by molar-refractivity contribution is 5.82. The Hall–Kier alpha value is -1.41. The Morgan fingerprint density at radius 2 is 2.10 bits per heavy atom. The van der Waals surface area contributed by atoms with E-state index in [1.54, 1.807) is 0 Å². The van der Waals surface area contributed by atoms with Crippen molar-refractivity contribution >= 4 is 5.78 Å². The van der Waals surface area contributed by atoms with Crippen molar-refractivity contribution in [2.24, 2.45) is 5.92 Å². The van der Waals surface area contributed by atoms with Gasteiger partial charge < -0.3 is 4.74 Å². The number of Topliss-reactive ketones (excluding diaryl/α,β-unsaturated/α-hetero) is 1. The molecule has 1 heterocycles. The monoisotopic (exact) mass is 272 g/mol. The second-order valence-corrected chi connectivity index (χ2v) is 5.53. The van der Waals surface area contributed by atoms with Gasteiger partial charge in [0, 0.05) is 12.3 Å². The molecule has 1 aromatic rings. The molecule has 2 heteroatoms. The first-order valence-corrected chi connectivity index (χ1v) is 7.57. The average Bonchev–Trinajstić information content (AvgIpc) is 2.46. The SMILES string of the molecule is C=CC[C@H]1CC(=O)[C@@H](CC)[C@@H](CCc2ccccc2)O1. The highest BCUT2D eigenvalue weighted by Gasteiger charge is 2.35. The highest BCUT2D eigenvalue weighted by atomic mass is 16.5. The van der Waals surface area contributed by atoms with Gasteiger partial charge in [0.1, 0.15) is 5.78 Å². The fourth-order valence-electron chi connectivity index (χ4n) is 3.01. The van der Waals surface area contributed by atoms with Crippen LogP contribution in [0.4, 0.5) is 0 Å². The van der Waals surface area contributed by atoms with Crippen LogP contribution >= 0.6 is 0 Å². The summed E-state index contributed by atoms with van der Waals surface area (Å²) in [6, 6.07) is 10.4. The van der Waals surface area contributed by atoms with Crippen LogP contribution in [-0.4, -0.2) is 18.0 Å². The Morgan fingerprint density at radius 3 is 2.75 bits per heavy atom. The van der Waals surface area contributed by atoms with Crippen molar-refractivity contribution in [2.45, 2.75) is 51.2 Å². The maximum atomic E-state index is 12.2. The van der Waals surface area contributed by atoms with Gasteiger partial charge in [0.25, 0.3) is 0 Å². The van der Waals surface area contributed by atoms with E-state index in [1.165, 1.54) is 5.56 Å². The lowest BCUT2D eigenvalue weighted by atomic mass is 9.85. The Morgan fingerprint density at radius 1 is 1.35 bits per heavy atom. The molecule has 1 aliphatic heterocycles. The number of rotatable bonds is 6. The molecule has 0 N–H and O–H groups in total. The van der Waals surface area contributed by atoms with Crippen LogP contribution in [0.1, 0.15) is 38.2 Å². The molecular weight excluding hydrogens is 248 g/mol. The normalized spacial score (nSPS) is 26.4. The first-order chi connectivity index (χ1) is 9.74. The van der Waals surface area contributed by atoms with Crippen molar-refractivity contribution < 1.29 is 9.53 Å². The van der Waals surface area contributed by atoms with E-state index in [0.29, 0.717) is 12.2 Å². The lowest BCUT2D eigenvalue weighted by Gasteiger charge is -2.35. The maximum Gasteiger partial charge on any atom is 0.141 e. The minimum Gasteiger partial charge on any atom is -0.373 e. The number of aryl methyl sites for hydroxylation is 1. The van der Waals surface area contributed by atoms with E-state index in [-0.39, 0.29) is 18.1 Å². The highest BCUT2D eigenvalue weighted by Crippen LogP contribution is 2.29. The van der Waals surface area contributed by atoms with Crippen molar-refractivity contribution in [3.63, 3.8) is 0 Å². The van der Waals surface area contributed by atoms with Crippen LogP contribution in [0.2, 0.25) is 0 Å². The van der Waals surface area contributed by atoms with E-state index in [9.17, 15) is 4.79 Å². The number of carbonyl (C=O) groups is 1. The van der Waals surface area contributed by atoms with E-state index in [0.717, 1.165) is 25.7 Å². The number of hydrogen-bond acceptors (Lipinski definition) is 2. The van der Waals surface area contributed by atoms with Gasteiger partial charge in [-0.15, -0.1) is 6.58 Å². The summed E-state index contributed by atoms with van der Waals surface area (Å²) < 4.78 is 6.13. The van der Waals surface area contributed by atoms with E-state index < -0.39 is 0 Å². The Labute approximate surface area is 121 Å². The summed E-state index contributed by atoms with van der Waals surface area (Å²) in [5.74, 6) is 0.434. The predicted octanol–water partition coefficient (Wildman–Crippen LogP) is 3.95. The third-order valence-corrected chi connectivity index (χ3v) is 4.09. The molecule has 20 heavy (non-hydrogen) atoms. The van der Waals surface area contributed by atoms with Gasteiger partial charge in [-0.05, 0) is 31.2 Å². The van der Waals surface area contributed by atoms with E-state index >= 15 is 0 Å². The smallest absolute Gasteiger partial charge is 0.141 e. The lowest BCUT2D eigenvalue weighted by Crippen LogP contribution is -2.41. The third-order valence-electron chi connectivity index (χ3n) is 4.09.